The van der Waals surface area contributed by atoms with Crippen molar-refractivity contribution >= 4 is 16.8 Å². The average molecular weight is 243 g/mol. The number of nitrogens with zero attached hydrogens (tertiary/aromatic N) is 1. The van der Waals surface area contributed by atoms with Gasteiger partial charge in [0.05, 0.1) is 11.0 Å². The number of hydrogen-bond acceptors (Lipinski definition) is 3. The molecular formula is C14H17N3O. The molecular weight excluding hydrogens is 226 g/mol. The summed E-state index contributed by atoms with van der Waals surface area (Å²) in [6, 6.07) is 6.43. The van der Waals surface area contributed by atoms with Crippen LogP contribution >= 0.6 is 0 Å². The maximum Gasteiger partial charge on any atom is 0.136 e. The number of rotatable bonds is 1. The van der Waals surface area contributed by atoms with Gasteiger partial charge in [0, 0.05) is 24.9 Å². The molecule has 0 spiro atoms. The van der Waals surface area contributed by atoms with E-state index in [0.29, 0.717) is 18.6 Å². The van der Waals surface area contributed by atoms with E-state index in [1.54, 1.807) is 0 Å². The summed E-state index contributed by atoms with van der Waals surface area (Å²) in [5.41, 5.74) is 3.14. The van der Waals surface area contributed by atoms with E-state index >= 15 is 0 Å². The minimum Gasteiger partial charge on any atom is -0.342 e. The van der Waals surface area contributed by atoms with Crippen molar-refractivity contribution in [1.29, 1.82) is 0 Å². The Labute approximate surface area is 106 Å². The first-order chi connectivity index (χ1) is 8.63. The van der Waals surface area contributed by atoms with Crippen LogP contribution in [0.2, 0.25) is 0 Å². The SMILES string of the molecule is Cc1nc2c(C3CC(=O)CC(C)N3)cccc2[nH]1. The number of H-pyrrole nitrogens is 1. The van der Waals surface area contributed by atoms with E-state index in [-0.39, 0.29) is 12.1 Å². The zero-order chi connectivity index (χ0) is 12.7. The Hall–Kier alpha value is -1.68. The van der Waals surface area contributed by atoms with Gasteiger partial charge in [0.25, 0.3) is 0 Å². The molecule has 2 unspecified atom stereocenters. The number of hydrogen-bond donors (Lipinski definition) is 2. The van der Waals surface area contributed by atoms with E-state index in [9.17, 15) is 4.79 Å². The van der Waals surface area contributed by atoms with Crippen LogP contribution in [-0.4, -0.2) is 21.8 Å². The first-order valence-electron chi connectivity index (χ1n) is 6.36. The molecule has 2 heterocycles. The number of carbonyl (C=O) groups is 1. The van der Waals surface area contributed by atoms with Crippen molar-refractivity contribution in [3.63, 3.8) is 0 Å². The summed E-state index contributed by atoms with van der Waals surface area (Å²) in [4.78, 5) is 19.5. The Morgan fingerprint density at radius 2 is 2.17 bits per heavy atom. The second kappa shape index (κ2) is 4.21. The second-order valence-corrected chi connectivity index (χ2v) is 5.13. The van der Waals surface area contributed by atoms with Gasteiger partial charge in [-0.15, -0.1) is 0 Å². The van der Waals surface area contributed by atoms with Gasteiger partial charge in [-0.1, -0.05) is 12.1 Å². The maximum absolute atomic E-state index is 11.7. The standard InChI is InChI=1S/C14H17N3O/c1-8-6-10(18)7-13(15-8)11-4-3-5-12-14(11)17-9(2)16-12/h3-5,8,13,15H,6-7H2,1-2H3,(H,16,17). The first-order valence-corrected chi connectivity index (χ1v) is 6.36. The molecule has 2 N–H and O–H groups in total. The van der Waals surface area contributed by atoms with Crippen molar-refractivity contribution in [3.05, 3.63) is 29.6 Å². The van der Waals surface area contributed by atoms with Crippen LogP contribution < -0.4 is 5.32 Å². The molecule has 4 heteroatoms. The number of piperidine rings is 1. The lowest BCUT2D eigenvalue weighted by atomic mass is 9.92. The zero-order valence-electron chi connectivity index (χ0n) is 10.7. The number of aromatic nitrogens is 2. The predicted octanol–water partition coefficient (Wildman–Crippen LogP) is 2.25. The van der Waals surface area contributed by atoms with Crippen LogP contribution in [0.1, 0.15) is 37.2 Å². The topological polar surface area (TPSA) is 57.8 Å². The number of imidazole rings is 1. The largest absolute Gasteiger partial charge is 0.342 e. The van der Waals surface area contributed by atoms with Gasteiger partial charge in [-0.05, 0) is 25.5 Å². The molecule has 0 saturated carbocycles. The Balaban J connectivity index is 2.05. The number of Topliss-reactive ketones (excluding diaryl/α,β-unsaturated/α-hetero) is 1. The zero-order valence-corrected chi connectivity index (χ0v) is 10.7. The number of carbonyl (C=O) groups excluding carboxylic acids is 1. The number of fused-ring (bicyclic) bond motifs is 1. The molecule has 2 atom stereocenters. The van der Waals surface area contributed by atoms with Crippen LogP contribution in [0.3, 0.4) is 0 Å². The van der Waals surface area contributed by atoms with Gasteiger partial charge in [0.2, 0.25) is 0 Å². The normalized spacial score (nSPS) is 24.7. The minimum absolute atomic E-state index is 0.0904. The Morgan fingerprint density at radius 3 is 2.94 bits per heavy atom. The molecule has 4 nitrogen and oxygen atoms in total. The van der Waals surface area contributed by atoms with Crippen molar-refractivity contribution in [1.82, 2.24) is 15.3 Å². The molecule has 94 valence electrons. The van der Waals surface area contributed by atoms with Crippen LogP contribution in [0.15, 0.2) is 18.2 Å². The Kier molecular flexibility index (Phi) is 2.67. The number of ketones is 1. The molecule has 1 saturated heterocycles. The molecule has 1 aliphatic heterocycles. The number of aromatic amines is 1. The molecule has 1 aliphatic rings. The smallest absolute Gasteiger partial charge is 0.136 e. The van der Waals surface area contributed by atoms with E-state index in [0.717, 1.165) is 22.4 Å². The molecule has 0 amide bonds. The average Bonchev–Trinajstić information content (AvgIpc) is 2.67. The second-order valence-electron chi connectivity index (χ2n) is 5.13. The summed E-state index contributed by atoms with van der Waals surface area (Å²) in [5, 5.41) is 3.49. The van der Waals surface area contributed by atoms with Crippen molar-refractivity contribution in [2.75, 3.05) is 0 Å². The molecule has 0 radical (unpaired) electrons. The third-order valence-corrected chi connectivity index (χ3v) is 3.49. The van der Waals surface area contributed by atoms with E-state index in [2.05, 4.69) is 28.3 Å². The van der Waals surface area contributed by atoms with Gasteiger partial charge in [0.15, 0.2) is 0 Å². The fourth-order valence-corrected chi connectivity index (χ4v) is 2.77. The van der Waals surface area contributed by atoms with Gasteiger partial charge in [0.1, 0.15) is 11.6 Å². The summed E-state index contributed by atoms with van der Waals surface area (Å²) in [7, 11) is 0. The summed E-state index contributed by atoms with van der Waals surface area (Å²) in [5.74, 6) is 1.24. The number of para-hydroxylation sites is 1. The quantitative estimate of drug-likeness (QED) is 0.807. The molecule has 1 aromatic carbocycles. The van der Waals surface area contributed by atoms with Gasteiger partial charge >= 0.3 is 0 Å². The number of nitrogens with one attached hydrogen (secondary N) is 2. The number of benzene rings is 1. The highest BCUT2D eigenvalue weighted by atomic mass is 16.1. The molecule has 0 aliphatic carbocycles. The van der Waals surface area contributed by atoms with Crippen molar-refractivity contribution in [3.8, 4) is 0 Å². The molecule has 0 bridgehead atoms. The van der Waals surface area contributed by atoms with E-state index in [4.69, 9.17) is 0 Å². The van der Waals surface area contributed by atoms with Crippen molar-refractivity contribution in [2.45, 2.75) is 38.8 Å². The highest BCUT2D eigenvalue weighted by Crippen LogP contribution is 2.28. The predicted molar refractivity (Wildman–Crippen MR) is 70.4 cm³/mol. The van der Waals surface area contributed by atoms with E-state index < -0.39 is 0 Å². The van der Waals surface area contributed by atoms with Crippen LogP contribution in [0.4, 0.5) is 0 Å². The van der Waals surface area contributed by atoms with Gasteiger partial charge in [-0.25, -0.2) is 4.98 Å². The molecule has 1 fully saturated rings. The fraction of sp³-hybridized carbons (Fsp3) is 0.429. The van der Waals surface area contributed by atoms with Gasteiger partial charge in [-0.2, -0.15) is 0 Å². The van der Waals surface area contributed by atoms with Crippen LogP contribution in [0.25, 0.3) is 11.0 Å². The summed E-state index contributed by atoms with van der Waals surface area (Å²) in [6.07, 6.45) is 1.20. The van der Waals surface area contributed by atoms with Crippen molar-refractivity contribution in [2.24, 2.45) is 0 Å². The lowest BCUT2D eigenvalue weighted by Gasteiger charge is -2.28. The third-order valence-electron chi connectivity index (χ3n) is 3.49. The van der Waals surface area contributed by atoms with Crippen molar-refractivity contribution < 1.29 is 4.79 Å². The lowest BCUT2D eigenvalue weighted by Crippen LogP contribution is -2.38. The van der Waals surface area contributed by atoms with Crippen LogP contribution in [0.5, 0.6) is 0 Å². The van der Waals surface area contributed by atoms with E-state index in [1.807, 2.05) is 19.1 Å². The highest BCUT2D eigenvalue weighted by molar-refractivity contribution is 5.84. The molecule has 18 heavy (non-hydrogen) atoms. The van der Waals surface area contributed by atoms with E-state index in [1.165, 1.54) is 0 Å². The van der Waals surface area contributed by atoms with Gasteiger partial charge in [-0.3, -0.25) is 4.79 Å². The summed E-state index contributed by atoms with van der Waals surface area (Å²) >= 11 is 0. The highest BCUT2D eigenvalue weighted by Gasteiger charge is 2.26. The summed E-state index contributed by atoms with van der Waals surface area (Å²) < 4.78 is 0. The molecule has 3 rings (SSSR count). The fourth-order valence-electron chi connectivity index (χ4n) is 2.77. The minimum atomic E-state index is 0.0904. The summed E-state index contributed by atoms with van der Waals surface area (Å²) in [6.45, 7) is 4.01. The van der Waals surface area contributed by atoms with Gasteiger partial charge < -0.3 is 10.3 Å². The Bertz CT molecular complexity index is 602. The Morgan fingerprint density at radius 1 is 1.33 bits per heavy atom. The molecule has 1 aromatic heterocycles. The third kappa shape index (κ3) is 1.93. The molecule has 2 aromatic rings. The monoisotopic (exact) mass is 243 g/mol. The van der Waals surface area contributed by atoms with Crippen LogP contribution in [-0.2, 0) is 4.79 Å². The lowest BCUT2D eigenvalue weighted by molar-refractivity contribution is -0.121. The van der Waals surface area contributed by atoms with Crippen LogP contribution in [0, 0.1) is 6.92 Å². The first kappa shape index (κ1) is 11.4. The number of aryl methyl sites for hydroxylation is 1. The maximum atomic E-state index is 11.7.